The third-order valence-corrected chi connectivity index (χ3v) is 6.00. The van der Waals surface area contributed by atoms with Crippen LogP contribution < -0.4 is 10.1 Å². The van der Waals surface area contributed by atoms with Gasteiger partial charge in [0.15, 0.2) is 0 Å². The molecule has 6 heteroatoms. The average Bonchev–Trinajstić information content (AvgIpc) is 3.21. The number of ether oxygens (including phenoxy) is 1. The summed E-state index contributed by atoms with van der Waals surface area (Å²) in [6, 6.07) is 23.2. The molecule has 5 nitrogen and oxygen atoms in total. The minimum atomic E-state index is -0.288. The quantitative estimate of drug-likeness (QED) is 0.425. The molecule has 0 aliphatic carbocycles. The maximum Gasteiger partial charge on any atom is 0.264 e. The molecule has 1 N–H and O–H groups in total. The third-order valence-electron chi connectivity index (χ3n) is 4.82. The Kier molecular flexibility index (Phi) is 6.38. The van der Waals surface area contributed by atoms with Crippen molar-refractivity contribution in [1.82, 2.24) is 15.3 Å². The van der Waals surface area contributed by atoms with Gasteiger partial charge in [0.05, 0.1) is 24.0 Å². The molecule has 4 rings (SSSR count). The van der Waals surface area contributed by atoms with E-state index in [9.17, 15) is 4.79 Å². The Balaban J connectivity index is 1.63. The first kappa shape index (κ1) is 20.8. The summed E-state index contributed by atoms with van der Waals surface area (Å²) in [7, 11) is 0. The van der Waals surface area contributed by atoms with Crippen molar-refractivity contribution in [3.05, 3.63) is 101 Å². The van der Waals surface area contributed by atoms with Crippen LogP contribution in [0.15, 0.2) is 79.0 Å². The van der Waals surface area contributed by atoms with E-state index in [1.54, 1.807) is 6.20 Å². The predicted octanol–water partition coefficient (Wildman–Crippen LogP) is 5.43. The van der Waals surface area contributed by atoms with Crippen LogP contribution in [0, 0.1) is 6.92 Å². The minimum absolute atomic E-state index is 0.153. The monoisotopic (exact) mass is 429 g/mol. The van der Waals surface area contributed by atoms with Gasteiger partial charge < -0.3 is 10.1 Å². The average molecular weight is 430 g/mol. The highest BCUT2D eigenvalue weighted by atomic mass is 32.1. The maximum atomic E-state index is 13.3. The van der Waals surface area contributed by atoms with Crippen LogP contribution in [0.25, 0.3) is 10.7 Å². The number of hydrogen-bond donors (Lipinski definition) is 1. The normalized spacial score (nSPS) is 11.7. The summed E-state index contributed by atoms with van der Waals surface area (Å²) < 4.78 is 5.56. The molecule has 0 saturated carbocycles. The van der Waals surface area contributed by atoms with Crippen LogP contribution in [0.1, 0.15) is 39.5 Å². The molecular formula is C25H23N3O2S. The summed E-state index contributed by atoms with van der Waals surface area (Å²) in [5.74, 6) is 0.655. The van der Waals surface area contributed by atoms with Gasteiger partial charge in [-0.15, -0.1) is 11.3 Å². The van der Waals surface area contributed by atoms with Crippen molar-refractivity contribution < 1.29 is 9.53 Å². The van der Waals surface area contributed by atoms with E-state index in [4.69, 9.17) is 4.74 Å². The first-order valence-electron chi connectivity index (χ1n) is 10.1. The van der Waals surface area contributed by atoms with Gasteiger partial charge in [-0.05, 0) is 49.2 Å². The number of amides is 1. The van der Waals surface area contributed by atoms with Crippen LogP contribution in [-0.2, 0) is 0 Å². The van der Waals surface area contributed by atoms with Crippen molar-refractivity contribution in [3.8, 4) is 16.5 Å². The second kappa shape index (κ2) is 9.53. The Morgan fingerprint density at radius 3 is 2.39 bits per heavy atom. The number of hydrogen-bond acceptors (Lipinski definition) is 5. The van der Waals surface area contributed by atoms with E-state index in [0.717, 1.165) is 27.6 Å². The van der Waals surface area contributed by atoms with E-state index in [1.807, 2.05) is 86.6 Å². The molecule has 0 aliphatic heterocycles. The lowest BCUT2D eigenvalue weighted by Gasteiger charge is -2.20. The number of thiazole rings is 1. The molecule has 1 unspecified atom stereocenters. The SMILES string of the molecule is CCOc1ccc(C(NC(=O)c2sc(-c3ccccn3)nc2C)c2ccccc2)cc1. The number of rotatable bonds is 7. The largest absolute Gasteiger partial charge is 0.494 e. The van der Waals surface area contributed by atoms with Crippen LogP contribution in [0.5, 0.6) is 5.75 Å². The second-order valence-corrected chi connectivity index (χ2v) is 7.97. The van der Waals surface area contributed by atoms with Crippen LogP contribution in [-0.4, -0.2) is 22.5 Å². The maximum absolute atomic E-state index is 13.3. The molecule has 1 atom stereocenters. The van der Waals surface area contributed by atoms with Gasteiger partial charge in [-0.2, -0.15) is 0 Å². The van der Waals surface area contributed by atoms with Crippen molar-refractivity contribution in [3.63, 3.8) is 0 Å². The molecule has 156 valence electrons. The van der Waals surface area contributed by atoms with E-state index in [-0.39, 0.29) is 11.9 Å². The van der Waals surface area contributed by atoms with E-state index in [2.05, 4.69) is 15.3 Å². The van der Waals surface area contributed by atoms with Crippen LogP contribution in [0.4, 0.5) is 0 Å². The number of aromatic nitrogens is 2. The summed E-state index contributed by atoms with van der Waals surface area (Å²) >= 11 is 1.36. The molecule has 0 bridgehead atoms. The van der Waals surface area contributed by atoms with Crippen molar-refractivity contribution in [2.24, 2.45) is 0 Å². The van der Waals surface area contributed by atoms with Crippen LogP contribution in [0.3, 0.4) is 0 Å². The van der Waals surface area contributed by atoms with Gasteiger partial charge in [0.25, 0.3) is 5.91 Å². The first-order valence-corrected chi connectivity index (χ1v) is 10.9. The molecule has 0 radical (unpaired) electrons. The summed E-state index contributed by atoms with van der Waals surface area (Å²) in [5, 5.41) is 3.93. The van der Waals surface area contributed by atoms with Gasteiger partial charge >= 0.3 is 0 Å². The van der Waals surface area contributed by atoms with Gasteiger partial charge in [-0.3, -0.25) is 9.78 Å². The molecule has 1 amide bonds. The van der Waals surface area contributed by atoms with Gasteiger partial charge in [-0.1, -0.05) is 48.5 Å². The molecule has 0 saturated heterocycles. The number of aryl methyl sites for hydroxylation is 1. The lowest BCUT2D eigenvalue weighted by atomic mass is 9.98. The zero-order valence-corrected chi connectivity index (χ0v) is 18.2. The van der Waals surface area contributed by atoms with Crippen LogP contribution in [0.2, 0.25) is 0 Å². The smallest absolute Gasteiger partial charge is 0.264 e. The zero-order chi connectivity index (χ0) is 21.6. The van der Waals surface area contributed by atoms with Gasteiger partial charge in [0.2, 0.25) is 0 Å². The van der Waals surface area contributed by atoms with E-state index < -0.39 is 0 Å². The summed E-state index contributed by atoms with van der Waals surface area (Å²) in [6.07, 6.45) is 1.73. The fourth-order valence-corrected chi connectivity index (χ4v) is 4.28. The molecule has 31 heavy (non-hydrogen) atoms. The number of carbonyl (C=O) groups is 1. The lowest BCUT2D eigenvalue weighted by molar-refractivity contribution is 0.0946. The van der Waals surface area contributed by atoms with E-state index in [0.29, 0.717) is 17.2 Å². The Bertz CT molecular complexity index is 1140. The fraction of sp³-hybridized carbons (Fsp3) is 0.160. The lowest BCUT2D eigenvalue weighted by Crippen LogP contribution is -2.29. The summed E-state index contributed by atoms with van der Waals surface area (Å²) in [4.78, 5) is 22.8. The molecule has 4 aromatic rings. The van der Waals surface area contributed by atoms with Gasteiger partial charge in [0.1, 0.15) is 15.6 Å². The highest BCUT2D eigenvalue weighted by molar-refractivity contribution is 7.17. The van der Waals surface area contributed by atoms with Gasteiger partial charge in [-0.25, -0.2) is 4.98 Å². The summed E-state index contributed by atoms with van der Waals surface area (Å²) in [5.41, 5.74) is 3.45. The Morgan fingerprint density at radius 1 is 1.00 bits per heavy atom. The van der Waals surface area contributed by atoms with Gasteiger partial charge in [0, 0.05) is 6.20 Å². The number of pyridine rings is 1. The molecule has 2 aromatic carbocycles. The third kappa shape index (κ3) is 4.81. The summed E-state index contributed by atoms with van der Waals surface area (Å²) in [6.45, 7) is 4.42. The van der Waals surface area contributed by atoms with Crippen LogP contribution >= 0.6 is 11.3 Å². The highest BCUT2D eigenvalue weighted by Gasteiger charge is 2.22. The first-order chi connectivity index (χ1) is 15.2. The van der Waals surface area contributed by atoms with Crippen molar-refractivity contribution in [2.75, 3.05) is 6.61 Å². The number of carbonyl (C=O) groups excluding carboxylic acids is 1. The number of benzene rings is 2. The standard InChI is InChI=1S/C25H23N3O2S/c1-3-30-20-14-12-19(13-15-20)22(18-9-5-4-6-10-18)28-24(29)23-17(2)27-25(31-23)21-11-7-8-16-26-21/h4-16,22H,3H2,1-2H3,(H,28,29). The topological polar surface area (TPSA) is 64.1 Å². The number of nitrogens with one attached hydrogen (secondary N) is 1. The second-order valence-electron chi connectivity index (χ2n) is 6.97. The fourth-order valence-electron chi connectivity index (χ4n) is 3.33. The van der Waals surface area contributed by atoms with E-state index in [1.165, 1.54) is 11.3 Å². The Hall–Kier alpha value is -3.51. The highest BCUT2D eigenvalue weighted by Crippen LogP contribution is 2.29. The van der Waals surface area contributed by atoms with Crippen molar-refractivity contribution in [2.45, 2.75) is 19.9 Å². The molecular weight excluding hydrogens is 406 g/mol. The van der Waals surface area contributed by atoms with Crippen molar-refractivity contribution >= 4 is 17.2 Å². The Labute approximate surface area is 185 Å². The predicted molar refractivity (Wildman–Crippen MR) is 123 cm³/mol. The molecule has 0 fully saturated rings. The molecule has 0 aliphatic rings. The minimum Gasteiger partial charge on any atom is -0.494 e. The van der Waals surface area contributed by atoms with Crippen molar-refractivity contribution in [1.29, 1.82) is 0 Å². The molecule has 2 aromatic heterocycles. The number of nitrogens with zero attached hydrogens (tertiary/aromatic N) is 2. The molecule has 0 spiro atoms. The zero-order valence-electron chi connectivity index (χ0n) is 17.4. The molecule has 2 heterocycles. The van der Waals surface area contributed by atoms with E-state index >= 15 is 0 Å². The Morgan fingerprint density at radius 2 is 1.71 bits per heavy atom.